The van der Waals surface area contributed by atoms with E-state index in [9.17, 15) is 4.79 Å². The smallest absolute Gasteiger partial charge is 0.242 e. The van der Waals surface area contributed by atoms with Crippen molar-refractivity contribution in [2.45, 2.75) is 52.2 Å². The van der Waals surface area contributed by atoms with Gasteiger partial charge in [-0.1, -0.05) is 30.3 Å². The van der Waals surface area contributed by atoms with Crippen molar-refractivity contribution in [1.29, 1.82) is 0 Å². The fraction of sp³-hybridized carbons (Fsp3) is 0.500. The highest BCUT2D eigenvalue weighted by Crippen LogP contribution is 2.25. The molecular formula is C20H28N4O. The van der Waals surface area contributed by atoms with Crippen molar-refractivity contribution in [1.82, 2.24) is 20.0 Å². The molecule has 1 amide bonds. The predicted molar refractivity (Wildman–Crippen MR) is 99.3 cm³/mol. The van der Waals surface area contributed by atoms with Crippen LogP contribution in [0.4, 0.5) is 0 Å². The minimum atomic E-state index is -0.202. The van der Waals surface area contributed by atoms with Crippen LogP contribution in [0.15, 0.2) is 36.4 Å². The van der Waals surface area contributed by atoms with Gasteiger partial charge in [-0.15, -0.1) is 0 Å². The maximum Gasteiger partial charge on any atom is 0.242 e. The fourth-order valence-electron chi connectivity index (χ4n) is 3.65. The second-order valence-corrected chi connectivity index (χ2v) is 7.08. The van der Waals surface area contributed by atoms with E-state index in [4.69, 9.17) is 0 Å². The van der Waals surface area contributed by atoms with Crippen molar-refractivity contribution in [2.24, 2.45) is 0 Å². The number of benzene rings is 1. The Labute approximate surface area is 150 Å². The lowest BCUT2D eigenvalue weighted by molar-refractivity contribution is -0.127. The van der Waals surface area contributed by atoms with Gasteiger partial charge in [-0.2, -0.15) is 5.10 Å². The van der Waals surface area contributed by atoms with E-state index < -0.39 is 0 Å². The van der Waals surface area contributed by atoms with Crippen LogP contribution in [0.25, 0.3) is 0 Å². The maximum atomic E-state index is 13.0. The molecule has 1 aliphatic rings. The minimum Gasteiger partial charge on any atom is -0.350 e. The first-order valence-corrected chi connectivity index (χ1v) is 9.15. The van der Waals surface area contributed by atoms with E-state index in [-0.39, 0.29) is 18.0 Å². The Kier molecular flexibility index (Phi) is 5.53. The van der Waals surface area contributed by atoms with E-state index in [1.165, 1.54) is 0 Å². The molecule has 0 aliphatic carbocycles. The molecule has 1 fully saturated rings. The molecule has 1 aromatic heterocycles. The highest BCUT2D eigenvalue weighted by molar-refractivity contribution is 5.83. The van der Waals surface area contributed by atoms with Crippen molar-refractivity contribution in [3.8, 4) is 0 Å². The van der Waals surface area contributed by atoms with E-state index in [0.29, 0.717) is 6.54 Å². The Morgan fingerprint density at radius 3 is 2.48 bits per heavy atom. The molecule has 2 aromatic rings. The van der Waals surface area contributed by atoms with Crippen LogP contribution in [-0.2, 0) is 11.3 Å². The monoisotopic (exact) mass is 340 g/mol. The van der Waals surface area contributed by atoms with E-state index in [1.807, 2.05) is 55.8 Å². The zero-order valence-electron chi connectivity index (χ0n) is 15.4. The summed E-state index contributed by atoms with van der Waals surface area (Å²) in [4.78, 5) is 15.3. The molecule has 2 heterocycles. The zero-order valence-corrected chi connectivity index (χ0v) is 15.4. The summed E-state index contributed by atoms with van der Waals surface area (Å²) in [5.41, 5.74) is 3.20. The maximum absolute atomic E-state index is 13.0. The number of rotatable bonds is 6. The Balaban J connectivity index is 1.70. The van der Waals surface area contributed by atoms with Crippen molar-refractivity contribution >= 4 is 5.91 Å². The summed E-state index contributed by atoms with van der Waals surface area (Å²) in [6, 6.07) is 12.0. The van der Waals surface area contributed by atoms with Crippen LogP contribution in [0.5, 0.6) is 0 Å². The molecule has 0 bridgehead atoms. The van der Waals surface area contributed by atoms with Crippen molar-refractivity contribution in [3.05, 3.63) is 53.3 Å². The minimum absolute atomic E-state index is 0.0271. The third kappa shape index (κ3) is 4.28. The SMILES string of the molecule is Cc1cc(C)n(C[C@@H](C)NC(=O)[C@H](c2ccccc2)N2CCCC2)n1. The number of aromatic nitrogens is 2. The number of hydrogen-bond donors (Lipinski definition) is 1. The van der Waals surface area contributed by atoms with Gasteiger partial charge in [0.25, 0.3) is 0 Å². The van der Waals surface area contributed by atoms with E-state index in [0.717, 1.165) is 42.9 Å². The van der Waals surface area contributed by atoms with Gasteiger partial charge >= 0.3 is 0 Å². The van der Waals surface area contributed by atoms with Gasteiger partial charge in [0.2, 0.25) is 5.91 Å². The first-order valence-electron chi connectivity index (χ1n) is 9.15. The van der Waals surface area contributed by atoms with Gasteiger partial charge in [-0.3, -0.25) is 14.4 Å². The quantitative estimate of drug-likeness (QED) is 0.880. The van der Waals surface area contributed by atoms with Gasteiger partial charge in [0, 0.05) is 11.7 Å². The molecule has 1 saturated heterocycles. The second kappa shape index (κ2) is 7.83. The molecule has 5 nitrogen and oxygen atoms in total. The van der Waals surface area contributed by atoms with Crippen LogP contribution >= 0.6 is 0 Å². The number of carbonyl (C=O) groups excluding carboxylic acids is 1. The molecule has 0 spiro atoms. The van der Waals surface area contributed by atoms with Crippen LogP contribution < -0.4 is 5.32 Å². The molecular weight excluding hydrogens is 312 g/mol. The molecule has 1 aromatic carbocycles. The van der Waals surface area contributed by atoms with Crippen molar-refractivity contribution < 1.29 is 4.79 Å². The van der Waals surface area contributed by atoms with Crippen molar-refractivity contribution in [2.75, 3.05) is 13.1 Å². The Morgan fingerprint density at radius 2 is 1.88 bits per heavy atom. The molecule has 0 unspecified atom stereocenters. The van der Waals surface area contributed by atoms with Gasteiger partial charge in [-0.25, -0.2) is 0 Å². The normalized spacial score (nSPS) is 17.4. The predicted octanol–water partition coefficient (Wildman–Crippen LogP) is 2.84. The number of amides is 1. The summed E-state index contributed by atoms with van der Waals surface area (Å²) in [6.45, 7) is 8.74. The van der Waals surface area contributed by atoms with Gasteiger partial charge in [0.05, 0.1) is 12.2 Å². The molecule has 134 valence electrons. The molecule has 2 atom stereocenters. The van der Waals surface area contributed by atoms with Gasteiger partial charge in [0.1, 0.15) is 6.04 Å². The van der Waals surface area contributed by atoms with Crippen LogP contribution in [0.1, 0.15) is 42.8 Å². The first kappa shape index (κ1) is 17.7. The summed E-state index contributed by atoms with van der Waals surface area (Å²) in [7, 11) is 0. The zero-order chi connectivity index (χ0) is 17.8. The summed E-state index contributed by atoms with van der Waals surface area (Å²) in [5, 5.41) is 7.69. The van der Waals surface area contributed by atoms with Gasteiger partial charge < -0.3 is 5.32 Å². The average Bonchev–Trinajstić information content (AvgIpc) is 3.19. The standard InChI is InChI=1S/C20H28N4O/c1-15-13-17(3)24(22-15)14-16(2)21-20(25)19(23-11-7-8-12-23)18-9-5-4-6-10-18/h4-6,9-10,13,16,19H,7-8,11-12,14H2,1-3H3,(H,21,25)/t16-,19+/m1/s1. The average molecular weight is 340 g/mol. The summed E-state index contributed by atoms with van der Waals surface area (Å²) in [5.74, 6) is 0.0853. The van der Waals surface area contributed by atoms with Gasteiger partial charge in [-0.05, 0) is 58.3 Å². The van der Waals surface area contributed by atoms with Crippen molar-refractivity contribution in [3.63, 3.8) is 0 Å². The molecule has 0 saturated carbocycles. The van der Waals surface area contributed by atoms with Crippen LogP contribution in [-0.4, -0.2) is 39.7 Å². The largest absolute Gasteiger partial charge is 0.350 e. The molecule has 3 rings (SSSR count). The number of aryl methyl sites for hydroxylation is 2. The number of carbonyl (C=O) groups is 1. The lowest BCUT2D eigenvalue weighted by Crippen LogP contribution is -2.44. The number of nitrogens with zero attached hydrogens (tertiary/aromatic N) is 3. The highest BCUT2D eigenvalue weighted by atomic mass is 16.2. The lowest BCUT2D eigenvalue weighted by Gasteiger charge is -2.28. The van der Waals surface area contributed by atoms with E-state index in [2.05, 4.69) is 21.4 Å². The van der Waals surface area contributed by atoms with Gasteiger partial charge in [0.15, 0.2) is 0 Å². The van der Waals surface area contributed by atoms with E-state index in [1.54, 1.807) is 0 Å². The molecule has 5 heteroatoms. The Bertz CT molecular complexity index is 704. The lowest BCUT2D eigenvalue weighted by atomic mass is 10.0. The highest BCUT2D eigenvalue weighted by Gasteiger charge is 2.30. The van der Waals surface area contributed by atoms with Crippen LogP contribution in [0.3, 0.4) is 0 Å². The third-order valence-corrected chi connectivity index (χ3v) is 4.81. The summed E-state index contributed by atoms with van der Waals surface area (Å²) >= 11 is 0. The summed E-state index contributed by atoms with van der Waals surface area (Å²) < 4.78 is 1.97. The number of nitrogens with one attached hydrogen (secondary N) is 1. The van der Waals surface area contributed by atoms with Crippen LogP contribution in [0, 0.1) is 13.8 Å². The summed E-state index contributed by atoms with van der Waals surface area (Å²) in [6.07, 6.45) is 2.33. The number of hydrogen-bond acceptors (Lipinski definition) is 3. The molecule has 0 radical (unpaired) electrons. The Hall–Kier alpha value is -2.14. The Morgan fingerprint density at radius 1 is 1.20 bits per heavy atom. The topological polar surface area (TPSA) is 50.2 Å². The first-order chi connectivity index (χ1) is 12.0. The third-order valence-electron chi connectivity index (χ3n) is 4.81. The molecule has 1 N–H and O–H groups in total. The molecule has 1 aliphatic heterocycles. The second-order valence-electron chi connectivity index (χ2n) is 7.08. The van der Waals surface area contributed by atoms with E-state index >= 15 is 0 Å². The fourth-order valence-corrected chi connectivity index (χ4v) is 3.65. The van der Waals surface area contributed by atoms with Crippen LogP contribution in [0.2, 0.25) is 0 Å². The number of likely N-dealkylation sites (tertiary alicyclic amines) is 1. The molecule has 25 heavy (non-hydrogen) atoms.